The predicted molar refractivity (Wildman–Crippen MR) is 85.2 cm³/mol. The van der Waals surface area contributed by atoms with Crippen molar-refractivity contribution in [2.45, 2.75) is 25.4 Å². The van der Waals surface area contributed by atoms with E-state index in [2.05, 4.69) is 15.3 Å². The summed E-state index contributed by atoms with van der Waals surface area (Å²) in [4.78, 5) is 22.1. The third-order valence-corrected chi connectivity index (χ3v) is 3.98. The third-order valence-electron chi connectivity index (χ3n) is 3.98. The maximum atomic E-state index is 13.8. The van der Waals surface area contributed by atoms with E-state index in [1.165, 1.54) is 29.3 Å². The van der Waals surface area contributed by atoms with Crippen molar-refractivity contribution in [2.24, 2.45) is 0 Å². The van der Waals surface area contributed by atoms with Crippen LogP contribution in [0.5, 0.6) is 0 Å². The molecule has 1 aromatic heterocycles. The Morgan fingerprint density at radius 2 is 2.20 bits per heavy atom. The normalized spacial score (nSPS) is 17.2. The largest absolute Gasteiger partial charge is 0.342 e. The number of nitrogens with one attached hydrogen (secondary N) is 1. The summed E-state index contributed by atoms with van der Waals surface area (Å²) in [6, 6.07) is 6.15. The first-order valence-electron chi connectivity index (χ1n) is 7.79. The second-order valence-electron chi connectivity index (χ2n) is 5.71. The van der Waals surface area contributed by atoms with Crippen LogP contribution in [0.2, 0.25) is 0 Å². The highest BCUT2D eigenvalue weighted by atomic mass is 19.1. The number of amides is 1. The third kappa shape index (κ3) is 3.88. The number of benzene rings is 1. The quantitative estimate of drug-likeness (QED) is 0.921. The number of rotatable bonds is 4. The average Bonchev–Trinajstić information content (AvgIpc) is 2.61. The first-order valence-corrected chi connectivity index (χ1v) is 7.79. The highest BCUT2D eigenvalue weighted by molar-refractivity contribution is 5.85. The summed E-state index contributed by atoms with van der Waals surface area (Å²) in [5.74, 6) is -1.33. The second kappa shape index (κ2) is 7.21. The van der Waals surface area contributed by atoms with Crippen molar-refractivity contribution < 1.29 is 13.6 Å². The van der Waals surface area contributed by atoms with Crippen LogP contribution in [0.1, 0.15) is 24.1 Å². The Morgan fingerprint density at radius 3 is 2.96 bits per heavy atom. The van der Waals surface area contributed by atoms with Gasteiger partial charge in [-0.25, -0.2) is 18.7 Å². The number of halogens is 2. The standard InChI is InChI=1S/C17H15F2N5O/c18-12-4-3-11(14(19)8-12)10-24-7-1-2-15(16(24)25)23-17-21-6-5-13(9-20)22-17/h3-6,8,15H,1-2,7,10H2,(H,21,22,23)/t15-/m1/s1. The summed E-state index contributed by atoms with van der Waals surface area (Å²) in [6.45, 7) is 0.565. The van der Waals surface area contributed by atoms with Crippen LogP contribution in [0.4, 0.5) is 14.7 Å². The maximum absolute atomic E-state index is 13.8. The van der Waals surface area contributed by atoms with Gasteiger partial charge < -0.3 is 10.2 Å². The van der Waals surface area contributed by atoms with Gasteiger partial charge in [0.25, 0.3) is 0 Å². The molecule has 0 aliphatic carbocycles. The van der Waals surface area contributed by atoms with Gasteiger partial charge in [-0.3, -0.25) is 4.79 Å². The van der Waals surface area contributed by atoms with E-state index in [0.29, 0.717) is 13.0 Å². The SMILES string of the molecule is N#Cc1ccnc(N[C@@H]2CCCN(Cc3ccc(F)cc3F)C2=O)n1. The summed E-state index contributed by atoms with van der Waals surface area (Å²) < 4.78 is 26.8. The minimum absolute atomic E-state index is 0.0716. The number of nitriles is 1. The number of nitrogens with zero attached hydrogens (tertiary/aromatic N) is 4. The molecule has 0 bridgehead atoms. The molecule has 1 atom stereocenters. The van der Waals surface area contributed by atoms with Gasteiger partial charge in [-0.1, -0.05) is 6.07 Å². The number of aromatic nitrogens is 2. The summed E-state index contributed by atoms with van der Waals surface area (Å²) in [5.41, 5.74) is 0.462. The topological polar surface area (TPSA) is 81.9 Å². The van der Waals surface area contributed by atoms with Crippen LogP contribution < -0.4 is 5.32 Å². The van der Waals surface area contributed by atoms with E-state index in [1.807, 2.05) is 6.07 Å². The van der Waals surface area contributed by atoms with Gasteiger partial charge in [0.2, 0.25) is 11.9 Å². The Balaban J connectivity index is 1.71. The van der Waals surface area contributed by atoms with Gasteiger partial charge >= 0.3 is 0 Å². The van der Waals surface area contributed by atoms with Gasteiger partial charge in [-0.15, -0.1) is 0 Å². The lowest BCUT2D eigenvalue weighted by Gasteiger charge is -2.32. The molecule has 1 aromatic carbocycles. The van der Waals surface area contributed by atoms with E-state index >= 15 is 0 Å². The molecule has 2 aromatic rings. The van der Waals surface area contributed by atoms with Crippen molar-refractivity contribution >= 4 is 11.9 Å². The first kappa shape index (κ1) is 16.8. The maximum Gasteiger partial charge on any atom is 0.245 e. The van der Waals surface area contributed by atoms with Gasteiger partial charge in [-0.2, -0.15) is 5.26 Å². The van der Waals surface area contributed by atoms with Crippen LogP contribution in [0.15, 0.2) is 30.5 Å². The van der Waals surface area contributed by atoms with Crippen molar-refractivity contribution in [2.75, 3.05) is 11.9 Å². The molecule has 1 aliphatic rings. The van der Waals surface area contributed by atoms with Gasteiger partial charge in [-0.05, 0) is 25.0 Å². The summed E-state index contributed by atoms with van der Waals surface area (Å²) in [6.07, 6.45) is 2.75. The lowest BCUT2D eigenvalue weighted by molar-refractivity contribution is -0.134. The fraction of sp³-hybridized carbons (Fsp3) is 0.294. The van der Waals surface area contributed by atoms with E-state index in [9.17, 15) is 13.6 Å². The zero-order valence-corrected chi connectivity index (χ0v) is 13.2. The average molecular weight is 343 g/mol. The fourth-order valence-corrected chi connectivity index (χ4v) is 2.73. The Hall–Kier alpha value is -3.08. The molecule has 0 saturated carbocycles. The summed E-state index contributed by atoms with van der Waals surface area (Å²) >= 11 is 0. The van der Waals surface area contributed by atoms with Crippen molar-refractivity contribution in [1.29, 1.82) is 5.26 Å². The zero-order chi connectivity index (χ0) is 17.8. The van der Waals surface area contributed by atoms with Gasteiger partial charge in [0.15, 0.2) is 0 Å². The van der Waals surface area contributed by atoms with E-state index in [4.69, 9.17) is 5.26 Å². The van der Waals surface area contributed by atoms with Crippen molar-refractivity contribution in [3.63, 3.8) is 0 Å². The van der Waals surface area contributed by atoms with Crippen LogP contribution >= 0.6 is 0 Å². The number of anilines is 1. The molecule has 1 fully saturated rings. The molecule has 1 aliphatic heterocycles. The van der Waals surface area contributed by atoms with E-state index in [0.717, 1.165) is 12.5 Å². The van der Waals surface area contributed by atoms with Gasteiger partial charge in [0.1, 0.15) is 29.4 Å². The van der Waals surface area contributed by atoms with Crippen LogP contribution in [0.25, 0.3) is 0 Å². The Morgan fingerprint density at radius 1 is 1.36 bits per heavy atom. The molecule has 1 N–H and O–H groups in total. The van der Waals surface area contributed by atoms with E-state index in [-0.39, 0.29) is 29.7 Å². The zero-order valence-electron chi connectivity index (χ0n) is 13.2. The predicted octanol–water partition coefficient (Wildman–Crippen LogP) is 2.23. The number of carbonyl (C=O) groups is 1. The molecule has 25 heavy (non-hydrogen) atoms. The molecule has 6 nitrogen and oxygen atoms in total. The van der Waals surface area contributed by atoms with E-state index < -0.39 is 17.7 Å². The number of hydrogen-bond donors (Lipinski definition) is 1. The molecule has 0 unspecified atom stereocenters. The number of carbonyl (C=O) groups excluding carboxylic acids is 1. The fourth-order valence-electron chi connectivity index (χ4n) is 2.73. The van der Waals surface area contributed by atoms with Crippen LogP contribution in [0, 0.1) is 23.0 Å². The molecular formula is C17H15F2N5O. The molecule has 0 radical (unpaired) electrons. The van der Waals surface area contributed by atoms with E-state index in [1.54, 1.807) is 0 Å². The lowest BCUT2D eigenvalue weighted by Crippen LogP contribution is -2.47. The number of hydrogen-bond acceptors (Lipinski definition) is 5. The van der Waals surface area contributed by atoms with Crippen LogP contribution in [-0.2, 0) is 11.3 Å². The van der Waals surface area contributed by atoms with Crippen molar-refractivity contribution in [3.05, 3.63) is 53.4 Å². The smallest absolute Gasteiger partial charge is 0.245 e. The Kier molecular flexibility index (Phi) is 4.84. The van der Waals surface area contributed by atoms with Crippen molar-refractivity contribution in [3.8, 4) is 6.07 Å². The molecule has 128 valence electrons. The molecule has 1 saturated heterocycles. The molecule has 8 heteroatoms. The van der Waals surface area contributed by atoms with Crippen LogP contribution in [-0.4, -0.2) is 33.4 Å². The molecule has 1 amide bonds. The molecule has 0 spiro atoms. The van der Waals surface area contributed by atoms with Gasteiger partial charge in [0.05, 0.1) is 0 Å². The van der Waals surface area contributed by atoms with Crippen molar-refractivity contribution in [1.82, 2.24) is 14.9 Å². The number of piperidine rings is 1. The van der Waals surface area contributed by atoms with Crippen LogP contribution in [0.3, 0.4) is 0 Å². The minimum atomic E-state index is -0.673. The minimum Gasteiger partial charge on any atom is -0.342 e. The second-order valence-corrected chi connectivity index (χ2v) is 5.71. The monoisotopic (exact) mass is 343 g/mol. The molecular weight excluding hydrogens is 328 g/mol. The van der Waals surface area contributed by atoms with Gasteiger partial charge in [0, 0.05) is 30.9 Å². The lowest BCUT2D eigenvalue weighted by atomic mass is 10.0. The summed E-state index contributed by atoms with van der Waals surface area (Å²) in [7, 11) is 0. The highest BCUT2D eigenvalue weighted by Crippen LogP contribution is 2.19. The number of likely N-dealkylation sites (tertiary alicyclic amines) is 1. The highest BCUT2D eigenvalue weighted by Gasteiger charge is 2.29. The Labute approximate surface area is 143 Å². The molecule has 3 rings (SSSR count). The summed E-state index contributed by atoms with van der Waals surface area (Å²) in [5, 5.41) is 11.8. The Bertz CT molecular complexity index is 836. The molecule has 2 heterocycles. The first-order chi connectivity index (χ1) is 12.1.